The highest BCUT2D eigenvalue weighted by atomic mass is 35.5. The van der Waals surface area contributed by atoms with Gasteiger partial charge >= 0.3 is 0 Å². The van der Waals surface area contributed by atoms with Crippen molar-refractivity contribution in [3.8, 4) is 33.4 Å². The summed E-state index contributed by atoms with van der Waals surface area (Å²) in [6, 6.07) is 36.0. The van der Waals surface area contributed by atoms with Crippen LogP contribution in [0.1, 0.15) is 11.4 Å². The number of rotatable bonds is 3. The zero-order chi connectivity index (χ0) is 29.8. The van der Waals surface area contributed by atoms with Crippen LogP contribution in [0.5, 0.6) is 0 Å². The number of aromatic nitrogens is 4. The smallest absolute Gasteiger partial charge is 0.0737 e. The van der Waals surface area contributed by atoms with E-state index in [9.17, 15) is 0 Å². The van der Waals surface area contributed by atoms with E-state index >= 15 is 0 Å². The third-order valence-electron chi connectivity index (χ3n) is 8.01. The van der Waals surface area contributed by atoms with Gasteiger partial charge in [0.2, 0.25) is 0 Å². The summed E-state index contributed by atoms with van der Waals surface area (Å²) in [5, 5.41) is 1.94. The molecule has 5 heterocycles. The molecule has 8 bridgehead atoms. The molecule has 4 nitrogen and oxygen atoms in total. The van der Waals surface area contributed by atoms with Crippen LogP contribution in [0.15, 0.2) is 109 Å². The molecule has 8 rings (SSSR count). The average molecular weight is 630 g/mol. The number of hydrogen-bond acceptors (Lipinski definition) is 1. The normalized spacial score (nSPS) is 11.9. The molecule has 0 fully saturated rings. The number of hydrogen-bond donors (Lipinski definition) is 3. The van der Waals surface area contributed by atoms with E-state index in [1.54, 1.807) is 0 Å². The van der Waals surface area contributed by atoms with E-state index in [4.69, 9.17) is 39.8 Å². The van der Waals surface area contributed by atoms with Crippen LogP contribution in [0, 0.1) is 0 Å². The van der Waals surface area contributed by atoms with Crippen molar-refractivity contribution in [2.45, 2.75) is 0 Å². The van der Waals surface area contributed by atoms with Gasteiger partial charge in [-0.3, -0.25) is 0 Å². The van der Waals surface area contributed by atoms with Crippen molar-refractivity contribution in [3.05, 3.63) is 136 Å². The standard InChI is InChI=1S/C37H23Cl3N4/c38-24-10-4-1-7-21(24)35-29-15-13-27(41-29)28-14-16-30(42-28)36(22-8-2-5-11-25(22)39)32-18-20-34(44-32)37(33-19-17-31(35)43-33)23-9-3-6-12-26(23)40/h1-20,41-43H. The summed E-state index contributed by atoms with van der Waals surface area (Å²) in [5.41, 5.74) is 12.5. The van der Waals surface area contributed by atoms with Gasteiger partial charge in [-0.1, -0.05) is 89.4 Å². The maximum atomic E-state index is 6.84. The van der Waals surface area contributed by atoms with Gasteiger partial charge in [-0.25, -0.2) is 4.98 Å². The lowest BCUT2D eigenvalue weighted by atomic mass is 10.0. The zero-order valence-electron chi connectivity index (χ0n) is 23.1. The van der Waals surface area contributed by atoms with Crippen molar-refractivity contribution in [1.29, 1.82) is 0 Å². The maximum absolute atomic E-state index is 6.84. The highest BCUT2D eigenvalue weighted by molar-refractivity contribution is 6.35. The Kier molecular flexibility index (Phi) is 6.57. The van der Waals surface area contributed by atoms with Gasteiger partial charge in [0, 0.05) is 70.5 Å². The van der Waals surface area contributed by atoms with E-state index < -0.39 is 0 Å². The molecule has 0 aliphatic carbocycles. The monoisotopic (exact) mass is 628 g/mol. The van der Waals surface area contributed by atoms with Gasteiger partial charge in [-0.05, 0) is 66.7 Å². The number of nitrogens with zero attached hydrogens (tertiary/aromatic N) is 1. The quantitative estimate of drug-likeness (QED) is 0.179. The summed E-state index contributed by atoms with van der Waals surface area (Å²) in [6.45, 7) is 0. The molecular weight excluding hydrogens is 607 g/mol. The van der Waals surface area contributed by atoms with Crippen molar-refractivity contribution in [3.63, 3.8) is 0 Å². The molecule has 0 saturated carbocycles. The van der Waals surface area contributed by atoms with Crippen LogP contribution in [-0.2, 0) is 0 Å². The first-order chi connectivity index (χ1) is 21.5. The van der Waals surface area contributed by atoms with Gasteiger partial charge < -0.3 is 15.0 Å². The molecule has 3 N–H and O–H groups in total. The Morgan fingerprint density at radius 2 is 0.682 bits per heavy atom. The SMILES string of the molecule is Clc1ccccc1-c1c2nc(c(-c3ccccc3Cl)c3ccc([nH]3)c3ccc([nH]3)c(-c3ccccc3Cl)c3ccc1[nH]3)C=C2. The Morgan fingerprint density at radius 1 is 0.364 bits per heavy atom. The molecule has 0 spiro atoms. The van der Waals surface area contributed by atoms with E-state index in [0.717, 1.165) is 77.9 Å². The Hall–Kier alpha value is -4.74. The molecule has 7 aromatic rings. The number of nitrogens with one attached hydrogen (secondary N) is 3. The Morgan fingerprint density at radius 3 is 1.09 bits per heavy atom. The van der Waals surface area contributed by atoms with Gasteiger partial charge in [0.15, 0.2) is 0 Å². The highest BCUT2D eigenvalue weighted by Crippen LogP contribution is 2.40. The number of benzene rings is 3. The summed E-state index contributed by atoms with van der Waals surface area (Å²) in [5.74, 6) is 0. The Balaban J connectivity index is 1.59. The van der Waals surface area contributed by atoms with E-state index in [1.165, 1.54) is 0 Å². The molecule has 0 unspecified atom stereocenters. The lowest BCUT2D eigenvalue weighted by Crippen LogP contribution is -1.89. The first kappa shape index (κ1) is 26.9. The molecule has 212 valence electrons. The summed E-state index contributed by atoms with van der Waals surface area (Å²) in [4.78, 5) is 16.2. The molecule has 1 aliphatic rings. The van der Waals surface area contributed by atoms with Crippen molar-refractivity contribution in [1.82, 2.24) is 19.9 Å². The molecule has 1 aliphatic heterocycles. The van der Waals surface area contributed by atoms with Gasteiger partial charge in [-0.15, -0.1) is 0 Å². The van der Waals surface area contributed by atoms with E-state index in [-0.39, 0.29) is 0 Å². The maximum Gasteiger partial charge on any atom is 0.0737 e. The first-order valence-electron chi connectivity index (χ1n) is 14.1. The minimum Gasteiger partial charge on any atom is -0.354 e. The molecule has 7 heteroatoms. The Bertz CT molecular complexity index is 2390. The fraction of sp³-hybridized carbons (Fsp3) is 0. The molecule has 0 atom stereocenters. The fourth-order valence-electron chi connectivity index (χ4n) is 5.99. The largest absolute Gasteiger partial charge is 0.354 e. The molecule has 0 amide bonds. The molecule has 3 aromatic carbocycles. The second-order valence-electron chi connectivity index (χ2n) is 10.6. The summed E-state index contributed by atoms with van der Waals surface area (Å²) in [6.07, 6.45) is 4.07. The van der Waals surface area contributed by atoms with Crippen LogP contribution in [0.4, 0.5) is 0 Å². The Labute approximate surface area is 268 Å². The van der Waals surface area contributed by atoms with Gasteiger partial charge in [-0.2, -0.15) is 0 Å². The number of fused-ring (bicyclic) bond motifs is 9. The molecule has 0 radical (unpaired) electrons. The summed E-state index contributed by atoms with van der Waals surface area (Å²) in [7, 11) is 0. The van der Waals surface area contributed by atoms with Crippen molar-refractivity contribution >= 4 is 80.1 Å². The van der Waals surface area contributed by atoms with Crippen LogP contribution in [0.25, 0.3) is 78.6 Å². The zero-order valence-corrected chi connectivity index (χ0v) is 25.4. The summed E-state index contributed by atoms with van der Waals surface area (Å²) < 4.78 is 0. The van der Waals surface area contributed by atoms with Gasteiger partial charge in [0.1, 0.15) is 0 Å². The predicted molar refractivity (Wildman–Crippen MR) is 187 cm³/mol. The molecular formula is C37H23Cl3N4. The second kappa shape index (κ2) is 10.8. The average Bonchev–Trinajstić information content (AvgIpc) is 3.85. The van der Waals surface area contributed by atoms with Crippen molar-refractivity contribution in [2.24, 2.45) is 0 Å². The van der Waals surface area contributed by atoms with Gasteiger partial charge in [0.25, 0.3) is 0 Å². The second-order valence-corrected chi connectivity index (χ2v) is 11.9. The van der Waals surface area contributed by atoms with E-state index in [0.29, 0.717) is 15.1 Å². The minimum absolute atomic E-state index is 0.634. The van der Waals surface area contributed by atoms with Crippen LogP contribution in [0.3, 0.4) is 0 Å². The predicted octanol–water partition coefficient (Wildman–Crippen LogP) is 11.7. The van der Waals surface area contributed by atoms with Crippen LogP contribution < -0.4 is 0 Å². The fourth-order valence-corrected chi connectivity index (χ4v) is 6.68. The van der Waals surface area contributed by atoms with Crippen LogP contribution in [0.2, 0.25) is 15.1 Å². The highest BCUT2D eigenvalue weighted by Gasteiger charge is 2.18. The molecule has 44 heavy (non-hydrogen) atoms. The van der Waals surface area contributed by atoms with Crippen LogP contribution in [-0.4, -0.2) is 19.9 Å². The van der Waals surface area contributed by atoms with Crippen LogP contribution >= 0.6 is 34.8 Å². The lowest BCUT2D eigenvalue weighted by Gasteiger charge is -2.08. The van der Waals surface area contributed by atoms with E-state index in [1.807, 2.05) is 84.9 Å². The first-order valence-corrected chi connectivity index (χ1v) is 15.3. The minimum atomic E-state index is 0.634. The third-order valence-corrected chi connectivity index (χ3v) is 9.00. The van der Waals surface area contributed by atoms with Crippen molar-refractivity contribution < 1.29 is 0 Å². The third kappa shape index (κ3) is 4.51. The van der Waals surface area contributed by atoms with E-state index in [2.05, 4.69) is 51.4 Å². The lowest BCUT2D eigenvalue weighted by molar-refractivity contribution is 1.32. The number of H-pyrrole nitrogens is 3. The van der Waals surface area contributed by atoms with Crippen molar-refractivity contribution in [2.75, 3.05) is 0 Å². The van der Waals surface area contributed by atoms with Gasteiger partial charge in [0.05, 0.1) is 22.4 Å². The summed E-state index contributed by atoms with van der Waals surface area (Å²) >= 11 is 20.4. The topological polar surface area (TPSA) is 60.3 Å². The molecule has 4 aromatic heterocycles. The number of aromatic amines is 3. The number of halogens is 3. The molecule has 0 saturated heterocycles.